The van der Waals surface area contributed by atoms with E-state index < -0.39 is 0 Å². The minimum absolute atomic E-state index is 0.388. The lowest BCUT2D eigenvalue weighted by Crippen LogP contribution is -2.05. The van der Waals surface area contributed by atoms with Crippen LogP contribution in [0.5, 0.6) is 0 Å². The molecule has 0 fully saturated rings. The van der Waals surface area contributed by atoms with Gasteiger partial charge >= 0.3 is 0 Å². The number of H-pyrrole nitrogens is 2. The summed E-state index contributed by atoms with van der Waals surface area (Å²) in [6.45, 7) is 6.51. The van der Waals surface area contributed by atoms with Crippen molar-refractivity contribution >= 4 is 43.7 Å². The van der Waals surface area contributed by atoms with Gasteiger partial charge in [-0.25, -0.2) is 9.97 Å². The van der Waals surface area contributed by atoms with Crippen molar-refractivity contribution in [3.05, 3.63) is 89.6 Å². The molecule has 0 radical (unpaired) electrons. The number of pyridine rings is 1. The first kappa shape index (κ1) is 22.5. The number of hydrogen-bond acceptors (Lipinski definition) is 3. The van der Waals surface area contributed by atoms with E-state index in [1.54, 1.807) is 0 Å². The fraction of sp³-hybridized carbons (Fsp3) is 0.206. The highest BCUT2D eigenvalue weighted by molar-refractivity contribution is 6.22. The van der Waals surface area contributed by atoms with Crippen LogP contribution in [0, 0.1) is 0 Å². The highest BCUT2D eigenvalue weighted by Crippen LogP contribution is 2.40. The van der Waals surface area contributed by atoms with Crippen molar-refractivity contribution in [1.29, 1.82) is 0 Å². The Morgan fingerprint density at radius 1 is 0.769 bits per heavy atom. The van der Waals surface area contributed by atoms with E-state index in [0.717, 1.165) is 69.3 Å². The van der Waals surface area contributed by atoms with Gasteiger partial charge in [-0.3, -0.25) is 4.98 Å². The maximum Gasteiger partial charge on any atom is 0.109 e. The Morgan fingerprint density at radius 2 is 1.62 bits per heavy atom. The standard InChI is InChI=1S/C34H29N5/c1-4-29-37-32-25-11-8-20(17-27(25)30-26(33(32)38-29)6-5-15-35-30)19-7-10-22-21(16-19)9-12-24-23(22)13-14-28-31(24)39-34(36-28)18(2)3/h5-8,10-11,13-18H,4,9,12H2,1-3H3,(H,36,39)(H,37,38). The summed E-state index contributed by atoms with van der Waals surface area (Å²) in [6.07, 6.45) is 4.78. The van der Waals surface area contributed by atoms with Crippen LogP contribution in [-0.2, 0) is 19.3 Å². The van der Waals surface area contributed by atoms with Gasteiger partial charge in [0.05, 0.1) is 27.6 Å². The molecule has 39 heavy (non-hydrogen) atoms. The molecule has 1 aliphatic rings. The van der Waals surface area contributed by atoms with Crippen LogP contribution >= 0.6 is 0 Å². The van der Waals surface area contributed by atoms with E-state index in [-0.39, 0.29) is 0 Å². The van der Waals surface area contributed by atoms with Crippen LogP contribution in [0.3, 0.4) is 0 Å². The summed E-state index contributed by atoms with van der Waals surface area (Å²) >= 11 is 0. The second-order valence-corrected chi connectivity index (χ2v) is 11.1. The lowest BCUT2D eigenvalue weighted by atomic mass is 9.83. The fourth-order valence-corrected chi connectivity index (χ4v) is 6.36. The number of imidazole rings is 2. The van der Waals surface area contributed by atoms with Crippen LogP contribution in [0.2, 0.25) is 0 Å². The van der Waals surface area contributed by atoms with E-state index in [4.69, 9.17) is 15.0 Å². The Bertz CT molecular complexity index is 2090. The first-order chi connectivity index (χ1) is 19.1. The summed E-state index contributed by atoms with van der Waals surface area (Å²) in [5, 5.41) is 3.43. The average molecular weight is 508 g/mol. The van der Waals surface area contributed by atoms with Crippen molar-refractivity contribution < 1.29 is 0 Å². The molecule has 3 aromatic heterocycles. The van der Waals surface area contributed by atoms with Gasteiger partial charge in [-0.15, -0.1) is 0 Å². The first-order valence-electron chi connectivity index (χ1n) is 13.9. The van der Waals surface area contributed by atoms with E-state index in [9.17, 15) is 0 Å². The summed E-state index contributed by atoms with van der Waals surface area (Å²) in [4.78, 5) is 21.7. The second kappa shape index (κ2) is 8.24. The monoisotopic (exact) mass is 507 g/mol. The Balaban J connectivity index is 1.27. The molecule has 4 aromatic carbocycles. The number of nitrogens with one attached hydrogen (secondary N) is 2. The zero-order valence-corrected chi connectivity index (χ0v) is 22.4. The topological polar surface area (TPSA) is 70.2 Å². The van der Waals surface area contributed by atoms with Crippen LogP contribution in [0.15, 0.2) is 66.9 Å². The molecule has 0 saturated heterocycles. The molecule has 5 heteroatoms. The van der Waals surface area contributed by atoms with Crippen molar-refractivity contribution in [3.63, 3.8) is 0 Å². The maximum absolute atomic E-state index is 4.98. The van der Waals surface area contributed by atoms with E-state index in [0.29, 0.717) is 5.92 Å². The molecule has 7 aromatic rings. The molecule has 1 aliphatic carbocycles. The lowest BCUT2D eigenvalue weighted by Gasteiger charge is -2.21. The van der Waals surface area contributed by atoms with Gasteiger partial charge in [0.1, 0.15) is 11.6 Å². The third-order valence-electron chi connectivity index (χ3n) is 8.39. The van der Waals surface area contributed by atoms with Gasteiger partial charge < -0.3 is 9.97 Å². The number of hydrogen-bond donors (Lipinski definition) is 2. The minimum atomic E-state index is 0.388. The van der Waals surface area contributed by atoms with Crippen molar-refractivity contribution in [2.24, 2.45) is 0 Å². The molecule has 190 valence electrons. The molecule has 8 rings (SSSR count). The molecule has 0 aliphatic heterocycles. The molecule has 0 unspecified atom stereocenters. The van der Waals surface area contributed by atoms with Gasteiger partial charge in [0, 0.05) is 34.7 Å². The SMILES string of the molecule is CCc1nc2c3cccnc3c3cc(-c4ccc5c(c4)CCc4c-5ccc5[nH]c(C(C)C)nc45)ccc3c2[nH]1. The second-order valence-electron chi connectivity index (χ2n) is 11.1. The number of aromatic amines is 2. The Morgan fingerprint density at radius 3 is 2.49 bits per heavy atom. The number of nitrogens with zero attached hydrogens (tertiary/aromatic N) is 3. The number of aryl methyl sites for hydroxylation is 3. The number of fused-ring (bicyclic) bond motifs is 11. The van der Waals surface area contributed by atoms with Gasteiger partial charge in [-0.2, -0.15) is 0 Å². The molecule has 5 nitrogen and oxygen atoms in total. The van der Waals surface area contributed by atoms with E-state index >= 15 is 0 Å². The zero-order valence-electron chi connectivity index (χ0n) is 22.4. The number of aromatic nitrogens is 5. The van der Waals surface area contributed by atoms with Gasteiger partial charge in [-0.1, -0.05) is 57.2 Å². The van der Waals surface area contributed by atoms with Gasteiger partial charge in [0.25, 0.3) is 0 Å². The molecule has 3 heterocycles. The average Bonchev–Trinajstić information content (AvgIpc) is 3.62. The highest BCUT2D eigenvalue weighted by atomic mass is 14.9. The third-order valence-corrected chi connectivity index (χ3v) is 8.39. The van der Waals surface area contributed by atoms with Crippen LogP contribution in [0.25, 0.3) is 66.0 Å². The highest BCUT2D eigenvalue weighted by Gasteiger charge is 2.21. The number of rotatable bonds is 3. The van der Waals surface area contributed by atoms with Crippen molar-refractivity contribution in [2.75, 3.05) is 0 Å². The van der Waals surface area contributed by atoms with Gasteiger partial charge in [0.15, 0.2) is 0 Å². The van der Waals surface area contributed by atoms with E-state index in [1.165, 1.54) is 38.8 Å². The summed E-state index contributed by atoms with van der Waals surface area (Å²) < 4.78 is 0. The predicted octanol–water partition coefficient (Wildman–Crippen LogP) is 8.26. The Hall–Kier alpha value is -4.51. The third kappa shape index (κ3) is 3.29. The van der Waals surface area contributed by atoms with Gasteiger partial charge in [0.2, 0.25) is 0 Å². The van der Waals surface area contributed by atoms with E-state index in [1.807, 2.05) is 12.3 Å². The molecule has 0 spiro atoms. The normalized spacial score (nSPS) is 13.1. The van der Waals surface area contributed by atoms with E-state index in [2.05, 4.69) is 85.3 Å². The predicted molar refractivity (Wildman–Crippen MR) is 160 cm³/mol. The lowest BCUT2D eigenvalue weighted by molar-refractivity contribution is 0.798. The Kier molecular flexibility index (Phi) is 4.75. The van der Waals surface area contributed by atoms with Crippen LogP contribution < -0.4 is 0 Å². The van der Waals surface area contributed by atoms with Crippen LogP contribution in [0.1, 0.15) is 49.5 Å². The minimum Gasteiger partial charge on any atom is -0.342 e. The van der Waals surface area contributed by atoms with Crippen LogP contribution in [0.4, 0.5) is 0 Å². The largest absolute Gasteiger partial charge is 0.342 e. The van der Waals surface area contributed by atoms with Crippen molar-refractivity contribution in [3.8, 4) is 22.3 Å². The first-order valence-corrected chi connectivity index (χ1v) is 13.9. The summed E-state index contributed by atoms with van der Waals surface area (Å²) in [7, 11) is 0. The summed E-state index contributed by atoms with van der Waals surface area (Å²) in [6, 6.07) is 22.3. The van der Waals surface area contributed by atoms with Crippen molar-refractivity contribution in [1.82, 2.24) is 24.9 Å². The van der Waals surface area contributed by atoms with Gasteiger partial charge in [-0.05, 0) is 70.5 Å². The molecule has 0 bridgehead atoms. The molecule has 0 atom stereocenters. The molecule has 0 amide bonds. The maximum atomic E-state index is 4.98. The fourth-order valence-electron chi connectivity index (χ4n) is 6.36. The quantitative estimate of drug-likeness (QED) is 0.237. The smallest absolute Gasteiger partial charge is 0.109 e. The number of benzene rings is 4. The molecular formula is C34H29N5. The molecule has 2 N–H and O–H groups in total. The van der Waals surface area contributed by atoms with Crippen molar-refractivity contribution in [2.45, 2.75) is 46.0 Å². The molecular weight excluding hydrogens is 478 g/mol. The Labute approximate surface area is 226 Å². The summed E-state index contributed by atoms with van der Waals surface area (Å²) in [5.74, 6) is 2.46. The molecule has 0 saturated carbocycles. The zero-order chi connectivity index (χ0) is 26.2. The summed E-state index contributed by atoms with van der Waals surface area (Å²) in [5.41, 5.74) is 13.3. The van der Waals surface area contributed by atoms with Crippen LogP contribution in [-0.4, -0.2) is 24.9 Å².